The van der Waals surface area contributed by atoms with Crippen molar-refractivity contribution in [2.24, 2.45) is 5.92 Å². The summed E-state index contributed by atoms with van der Waals surface area (Å²) < 4.78 is 11.7. The number of carbonyl (C=O) groups is 1. The van der Waals surface area contributed by atoms with E-state index in [-0.39, 0.29) is 18.3 Å². The van der Waals surface area contributed by atoms with Crippen molar-refractivity contribution >= 4 is 17.2 Å². The van der Waals surface area contributed by atoms with Gasteiger partial charge in [-0.25, -0.2) is 4.79 Å². The Bertz CT molecular complexity index is 757. The second kappa shape index (κ2) is 6.52. The summed E-state index contributed by atoms with van der Waals surface area (Å²) in [6.07, 6.45) is 3.06. The van der Waals surface area contributed by atoms with Crippen molar-refractivity contribution in [3.05, 3.63) is 28.1 Å². The zero-order valence-electron chi connectivity index (χ0n) is 13.2. The maximum atomic E-state index is 12.7. The van der Waals surface area contributed by atoms with E-state index >= 15 is 0 Å². The Morgan fingerprint density at radius 3 is 2.96 bits per heavy atom. The first-order valence-corrected chi connectivity index (χ1v) is 9.07. The number of hydrogen-bond acceptors (Lipinski definition) is 6. The van der Waals surface area contributed by atoms with Gasteiger partial charge in [-0.15, -0.1) is 16.4 Å². The van der Waals surface area contributed by atoms with Crippen LogP contribution >= 0.6 is 11.3 Å². The van der Waals surface area contributed by atoms with Crippen LogP contribution in [0.4, 0.5) is 0 Å². The molecular formula is C16H19N3O4S. The highest BCUT2D eigenvalue weighted by Gasteiger charge is 2.35. The minimum Gasteiger partial charge on any atom is -0.387 e. The fraction of sp³-hybridized carbons (Fsp3) is 0.562. The third kappa shape index (κ3) is 3.29. The van der Waals surface area contributed by atoms with Gasteiger partial charge in [0.25, 0.3) is 5.89 Å². The molecule has 2 aromatic rings. The molecule has 4 rings (SSSR count). The van der Waals surface area contributed by atoms with Crippen LogP contribution in [0.15, 0.2) is 26.7 Å². The topological polar surface area (TPSA) is 77.6 Å². The molecule has 24 heavy (non-hydrogen) atoms. The quantitative estimate of drug-likeness (QED) is 0.791. The number of thiophene rings is 1. The maximum Gasteiger partial charge on any atom is 0.437 e. The third-order valence-corrected chi connectivity index (χ3v) is 5.27. The van der Waals surface area contributed by atoms with Crippen molar-refractivity contribution in [1.29, 1.82) is 0 Å². The first-order valence-electron chi connectivity index (χ1n) is 8.20. The number of nitrogens with zero attached hydrogens (tertiary/aromatic N) is 3. The summed E-state index contributed by atoms with van der Waals surface area (Å²) in [6.45, 7) is 2.11. The number of carbonyl (C=O) groups excluding carboxylic acids is 1. The van der Waals surface area contributed by atoms with E-state index in [0.717, 1.165) is 35.4 Å². The van der Waals surface area contributed by atoms with Gasteiger partial charge in [0.1, 0.15) is 6.54 Å². The van der Waals surface area contributed by atoms with Crippen LogP contribution in [0.5, 0.6) is 0 Å². The van der Waals surface area contributed by atoms with Crippen LogP contribution < -0.4 is 5.76 Å². The van der Waals surface area contributed by atoms with E-state index in [1.165, 1.54) is 11.3 Å². The van der Waals surface area contributed by atoms with E-state index < -0.39 is 5.76 Å². The van der Waals surface area contributed by atoms with Crippen molar-refractivity contribution in [2.75, 3.05) is 19.8 Å². The first kappa shape index (κ1) is 15.6. The summed E-state index contributed by atoms with van der Waals surface area (Å²) in [5, 5.41) is 6.05. The van der Waals surface area contributed by atoms with Gasteiger partial charge in [-0.05, 0) is 30.7 Å². The zero-order valence-corrected chi connectivity index (χ0v) is 14.0. The molecule has 1 saturated heterocycles. The van der Waals surface area contributed by atoms with Crippen molar-refractivity contribution in [1.82, 2.24) is 14.7 Å². The molecule has 8 heteroatoms. The van der Waals surface area contributed by atoms with Crippen LogP contribution in [-0.2, 0) is 16.1 Å². The number of ether oxygens (including phenoxy) is 1. The van der Waals surface area contributed by atoms with Crippen LogP contribution in [0.1, 0.15) is 19.3 Å². The fourth-order valence-corrected chi connectivity index (χ4v) is 3.62. The molecule has 2 aromatic heterocycles. The van der Waals surface area contributed by atoms with Gasteiger partial charge in [0.2, 0.25) is 5.91 Å². The lowest BCUT2D eigenvalue weighted by Crippen LogP contribution is -2.40. The number of aromatic nitrogens is 2. The monoisotopic (exact) mass is 349 g/mol. The molecule has 3 heterocycles. The van der Waals surface area contributed by atoms with Gasteiger partial charge < -0.3 is 14.1 Å². The molecule has 0 aromatic carbocycles. The summed E-state index contributed by atoms with van der Waals surface area (Å²) in [6, 6.07) is 4.00. The fourth-order valence-electron chi connectivity index (χ4n) is 2.97. The Hall–Kier alpha value is -1.93. The molecule has 1 saturated carbocycles. The Labute approximate surface area is 142 Å². The van der Waals surface area contributed by atoms with Crippen molar-refractivity contribution < 1.29 is 13.9 Å². The van der Waals surface area contributed by atoms with Gasteiger partial charge in [-0.1, -0.05) is 6.07 Å². The summed E-state index contributed by atoms with van der Waals surface area (Å²) in [7, 11) is 0. The molecule has 2 fully saturated rings. The standard InChI is InChI=1S/C16H19N3O4S/c20-14(18(12-3-4-12)8-11-5-6-22-10-11)9-19-16(21)23-15(17-19)13-2-1-7-24-13/h1-2,7,11-12H,3-6,8-10H2. The molecule has 1 amide bonds. The predicted octanol–water partition coefficient (Wildman–Crippen LogP) is 1.59. The number of amides is 1. The van der Waals surface area contributed by atoms with Gasteiger partial charge in [-0.2, -0.15) is 4.68 Å². The molecule has 1 aliphatic heterocycles. The van der Waals surface area contributed by atoms with Gasteiger partial charge in [0.15, 0.2) is 0 Å². The molecule has 0 N–H and O–H groups in total. The smallest absolute Gasteiger partial charge is 0.387 e. The van der Waals surface area contributed by atoms with Crippen LogP contribution in [-0.4, -0.2) is 46.4 Å². The van der Waals surface area contributed by atoms with Gasteiger partial charge >= 0.3 is 5.76 Å². The molecule has 0 spiro atoms. The van der Waals surface area contributed by atoms with Crippen LogP contribution in [0.25, 0.3) is 10.8 Å². The van der Waals surface area contributed by atoms with Gasteiger partial charge in [0, 0.05) is 25.1 Å². The lowest BCUT2D eigenvalue weighted by molar-refractivity contribution is -0.133. The summed E-state index contributed by atoms with van der Waals surface area (Å²) in [4.78, 5) is 27.3. The minimum absolute atomic E-state index is 0.0716. The second-order valence-corrected chi connectivity index (χ2v) is 7.26. The Balaban J connectivity index is 1.47. The molecule has 7 nitrogen and oxygen atoms in total. The highest BCUT2D eigenvalue weighted by Crippen LogP contribution is 2.29. The molecule has 1 unspecified atom stereocenters. The highest BCUT2D eigenvalue weighted by molar-refractivity contribution is 7.13. The average molecular weight is 349 g/mol. The largest absolute Gasteiger partial charge is 0.437 e. The molecule has 2 aliphatic rings. The van der Waals surface area contributed by atoms with Crippen molar-refractivity contribution in [3.63, 3.8) is 0 Å². The minimum atomic E-state index is -0.591. The highest BCUT2D eigenvalue weighted by atomic mass is 32.1. The molecule has 1 aliphatic carbocycles. The summed E-state index contributed by atoms with van der Waals surface area (Å²) in [5.41, 5.74) is 0. The predicted molar refractivity (Wildman–Crippen MR) is 87.7 cm³/mol. The molecular weight excluding hydrogens is 330 g/mol. The lowest BCUT2D eigenvalue weighted by Gasteiger charge is -2.24. The third-order valence-electron chi connectivity index (χ3n) is 4.41. The lowest BCUT2D eigenvalue weighted by atomic mass is 10.1. The molecule has 0 bridgehead atoms. The molecule has 0 radical (unpaired) electrons. The van der Waals surface area contributed by atoms with E-state index in [2.05, 4.69) is 5.10 Å². The van der Waals surface area contributed by atoms with E-state index in [4.69, 9.17) is 9.15 Å². The number of rotatable bonds is 6. The van der Waals surface area contributed by atoms with E-state index in [0.29, 0.717) is 25.1 Å². The van der Waals surface area contributed by atoms with Crippen LogP contribution in [0.2, 0.25) is 0 Å². The Kier molecular flexibility index (Phi) is 4.24. The van der Waals surface area contributed by atoms with Crippen molar-refractivity contribution in [3.8, 4) is 10.8 Å². The zero-order chi connectivity index (χ0) is 16.5. The van der Waals surface area contributed by atoms with Gasteiger partial charge in [-0.3, -0.25) is 4.79 Å². The van der Waals surface area contributed by atoms with E-state index in [1.807, 2.05) is 22.4 Å². The SMILES string of the molecule is O=C(Cn1nc(-c2cccs2)oc1=O)N(CC1CCOC1)C1CC1. The Morgan fingerprint density at radius 2 is 2.29 bits per heavy atom. The van der Waals surface area contributed by atoms with Gasteiger partial charge in [0.05, 0.1) is 11.5 Å². The van der Waals surface area contributed by atoms with E-state index in [1.54, 1.807) is 0 Å². The Morgan fingerprint density at radius 1 is 1.42 bits per heavy atom. The number of hydrogen-bond donors (Lipinski definition) is 0. The normalized spacial score (nSPS) is 20.4. The second-order valence-electron chi connectivity index (χ2n) is 6.31. The summed E-state index contributed by atoms with van der Waals surface area (Å²) >= 11 is 1.44. The summed E-state index contributed by atoms with van der Waals surface area (Å²) in [5.74, 6) is -0.000508. The van der Waals surface area contributed by atoms with E-state index in [9.17, 15) is 9.59 Å². The maximum absolute atomic E-state index is 12.7. The molecule has 128 valence electrons. The molecule has 1 atom stereocenters. The van der Waals surface area contributed by atoms with Crippen molar-refractivity contribution in [2.45, 2.75) is 31.8 Å². The van der Waals surface area contributed by atoms with Crippen LogP contribution in [0.3, 0.4) is 0 Å². The van der Waals surface area contributed by atoms with Crippen LogP contribution in [0, 0.1) is 5.92 Å². The average Bonchev–Trinajstić information content (AvgIpc) is 2.97. The first-order chi connectivity index (χ1) is 11.7.